The SMILES string of the molecule is c1ccc2c(c1)CCN1CCC3CCCCC231. The number of fused-ring (bicyclic) bond motifs is 1. The fourth-order valence-corrected chi connectivity index (χ4v) is 4.79. The largest absolute Gasteiger partial charge is 0.293 e. The topological polar surface area (TPSA) is 3.24 Å². The van der Waals surface area contributed by atoms with Crippen molar-refractivity contribution in [2.24, 2.45) is 5.92 Å². The summed E-state index contributed by atoms with van der Waals surface area (Å²) in [4.78, 5) is 2.82. The highest BCUT2D eigenvalue weighted by Gasteiger charge is 2.52. The first-order valence-electron chi connectivity index (χ1n) is 7.25. The molecule has 17 heavy (non-hydrogen) atoms. The molecular formula is C16H21N. The minimum atomic E-state index is 0.451. The maximum atomic E-state index is 2.82. The highest BCUT2D eigenvalue weighted by Crippen LogP contribution is 2.54. The molecule has 0 N–H and O–H groups in total. The van der Waals surface area contributed by atoms with Crippen LogP contribution in [0, 0.1) is 5.92 Å². The van der Waals surface area contributed by atoms with Crippen molar-refractivity contribution in [1.29, 1.82) is 0 Å². The molecule has 4 rings (SSSR count). The molecule has 2 unspecified atom stereocenters. The molecule has 1 aromatic rings. The summed E-state index contributed by atoms with van der Waals surface area (Å²) in [5.74, 6) is 0.942. The van der Waals surface area contributed by atoms with Crippen LogP contribution in [-0.4, -0.2) is 18.0 Å². The molecule has 0 bridgehead atoms. The van der Waals surface area contributed by atoms with Crippen LogP contribution in [-0.2, 0) is 12.0 Å². The lowest BCUT2D eigenvalue weighted by Gasteiger charge is -2.49. The molecule has 2 fully saturated rings. The van der Waals surface area contributed by atoms with Crippen LogP contribution in [0.1, 0.15) is 43.2 Å². The van der Waals surface area contributed by atoms with Gasteiger partial charge in [-0.25, -0.2) is 0 Å². The van der Waals surface area contributed by atoms with Gasteiger partial charge in [0.2, 0.25) is 0 Å². The van der Waals surface area contributed by atoms with Crippen LogP contribution < -0.4 is 0 Å². The smallest absolute Gasteiger partial charge is 0.0492 e. The van der Waals surface area contributed by atoms with E-state index >= 15 is 0 Å². The van der Waals surface area contributed by atoms with Crippen LogP contribution in [0.25, 0.3) is 0 Å². The minimum Gasteiger partial charge on any atom is -0.293 e. The summed E-state index contributed by atoms with van der Waals surface area (Å²) in [7, 11) is 0. The fraction of sp³-hybridized carbons (Fsp3) is 0.625. The average Bonchev–Trinajstić information content (AvgIpc) is 2.78. The summed E-state index contributed by atoms with van der Waals surface area (Å²) in [6.07, 6.45) is 8.47. The van der Waals surface area contributed by atoms with E-state index in [9.17, 15) is 0 Å². The molecule has 3 aliphatic rings. The van der Waals surface area contributed by atoms with Gasteiger partial charge < -0.3 is 0 Å². The predicted octanol–water partition coefficient (Wildman–Crippen LogP) is 3.33. The Morgan fingerprint density at radius 1 is 1.06 bits per heavy atom. The fourth-order valence-electron chi connectivity index (χ4n) is 4.79. The molecule has 1 aromatic carbocycles. The summed E-state index contributed by atoms with van der Waals surface area (Å²) in [5.41, 5.74) is 3.78. The van der Waals surface area contributed by atoms with Crippen molar-refractivity contribution < 1.29 is 0 Å². The molecule has 0 amide bonds. The summed E-state index contributed by atoms with van der Waals surface area (Å²) >= 11 is 0. The Labute approximate surface area is 104 Å². The first-order chi connectivity index (χ1) is 8.41. The summed E-state index contributed by atoms with van der Waals surface area (Å²) < 4.78 is 0. The number of hydrogen-bond acceptors (Lipinski definition) is 1. The van der Waals surface area contributed by atoms with E-state index in [-0.39, 0.29) is 0 Å². The molecule has 0 aromatic heterocycles. The monoisotopic (exact) mass is 227 g/mol. The standard InChI is InChI=1S/C16H21N/c1-2-7-15-13(5-1)8-11-17-12-9-14-6-3-4-10-16(14,15)17/h1-2,5,7,14H,3-4,6,8-12H2. The second-order valence-electron chi connectivity index (χ2n) is 6.05. The molecule has 1 spiro atoms. The average molecular weight is 227 g/mol. The van der Waals surface area contributed by atoms with Crippen LogP contribution in [0.15, 0.2) is 24.3 Å². The van der Waals surface area contributed by atoms with Crippen molar-refractivity contribution in [2.45, 2.75) is 44.1 Å². The van der Waals surface area contributed by atoms with Gasteiger partial charge in [0.05, 0.1) is 0 Å². The van der Waals surface area contributed by atoms with Crippen molar-refractivity contribution in [3.8, 4) is 0 Å². The Balaban J connectivity index is 1.90. The van der Waals surface area contributed by atoms with Gasteiger partial charge in [0.1, 0.15) is 0 Å². The molecule has 2 atom stereocenters. The quantitative estimate of drug-likeness (QED) is 0.657. The second kappa shape index (κ2) is 3.58. The number of hydrogen-bond donors (Lipinski definition) is 0. The zero-order valence-corrected chi connectivity index (χ0v) is 10.5. The Morgan fingerprint density at radius 2 is 2.00 bits per heavy atom. The van der Waals surface area contributed by atoms with Gasteiger partial charge >= 0.3 is 0 Å². The lowest BCUT2D eigenvalue weighted by Crippen LogP contribution is -2.50. The normalized spacial score (nSPS) is 36.1. The first kappa shape index (κ1) is 10.1. The third kappa shape index (κ3) is 1.24. The van der Waals surface area contributed by atoms with Gasteiger partial charge in [0.25, 0.3) is 0 Å². The van der Waals surface area contributed by atoms with Crippen molar-refractivity contribution in [2.75, 3.05) is 13.1 Å². The first-order valence-corrected chi connectivity index (χ1v) is 7.25. The predicted molar refractivity (Wildman–Crippen MR) is 70.0 cm³/mol. The van der Waals surface area contributed by atoms with Crippen LogP contribution in [0.3, 0.4) is 0 Å². The van der Waals surface area contributed by atoms with E-state index in [1.54, 1.807) is 11.1 Å². The van der Waals surface area contributed by atoms with E-state index in [1.165, 1.54) is 51.6 Å². The van der Waals surface area contributed by atoms with Crippen molar-refractivity contribution >= 4 is 0 Å². The number of benzene rings is 1. The highest BCUT2D eigenvalue weighted by atomic mass is 15.2. The zero-order chi connectivity index (χ0) is 11.3. The zero-order valence-electron chi connectivity index (χ0n) is 10.5. The molecule has 1 heteroatoms. The lowest BCUT2D eigenvalue weighted by atomic mass is 9.67. The Morgan fingerprint density at radius 3 is 3.00 bits per heavy atom. The van der Waals surface area contributed by atoms with Crippen LogP contribution in [0.2, 0.25) is 0 Å². The molecule has 1 aliphatic carbocycles. The Bertz CT molecular complexity index is 439. The second-order valence-corrected chi connectivity index (χ2v) is 6.05. The minimum absolute atomic E-state index is 0.451. The maximum Gasteiger partial charge on any atom is 0.0492 e. The highest BCUT2D eigenvalue weighted by molar-refractivity contribution is 5.38. The number of nitrogens with zero attached hydrogens (tertiary/aromatic N) is 1. The Hall–Kier alpha value is -0.820. The number of rotatable bonds is 0. The van der Waals surface area contributed by atoms with Crippen molar-refractivity contribution in [3.63, 3.8) is 0 Å². The van der Waals surface area contributed by atoms with Crippen molar-refractivity contribution in [1.82, 2.24) is 4.90 Å². The van der Waals surface area contributed by atoms with E-state index in [0.29, 0.717) is 5.54 Å². The van der Waals surface area contributed by atoms with E-state index in [2.05, 4.69) is 29.2 Å². The van der Waals surface area contributed by atoms with Gasteiger partial charge in [-0.05, 0) is 49.3 Å². The van der Waals surface area contributed by atoms with E-state index in [4.69, 9.17) is 0 Å². The summed E-state index contributed by atoms with van der Waals surface area (Å²) in [6.45, 7) is 2.65. The van der Waals surface area contributed by atoms with Crippen LogP contribution in [0.5, 0.6) is 0 Å². The lowest BCUT2D eigenvalue weighted by molar-refractivity contribution is 0.0504. The van der Waals surface area contributed by atoms with Gasteiger partial charge in [-0.2, -0.15) is 0 Å². The molecule has 1 nitrogen and oxygen atoms in total. The third-order valence-corrected chi connectivity index (χ3v) is 5.48. The van der Waals surface area contributed by atoms with Crippen LogP contribution in [0.4, 0.5) is 0 Å². The summed E-state index contributed by atoms with van der Waals surface area (Å²) in [6, 6.07) is 9.26. The molecule has 1 saturated carbocycles. The van der Waals surface area contributed by atoms with Gasteiger partial charge in [0.15, 0.2) is 0 Å². The van der Waals surface area contributed by atoms with Crippen LogP contribution >= 0.6 is 0 Å². The maximum absolute atomic E-state index is 2.82. The van der Waals surface area contributed by atoms with E-state index in [1.807, 2.05) is 0 Å². The summed E-state index contributed by atoms with van der Waals surface area (Å²) in [5, 5.41) is 0. The van der Waals surface area contributed by atoms with Gasteiger partial charge in [0, 0.05) is 12.1 Å². The van der Waals surface area contributed by atoms with Gasteiger partial charge in [-0.15, -0.1) is 0 Å². The molecule has 1 saturated heterocycles. The molecular weight excluding hydrogens is 206 g/mol. The molecule has 2 aliphatic heterocycles. The molecule has 90 valence electrons. The van der Waals surface area contributed by atoms with Gasteiger partial charge in [-0.1, -0.05) is 37.1 Å². The van der Waals surface area contributed by atoms with Crippen molar-refractivity contribution in [3.05, 3.63) is 35.4 Å². The molecule has 2 heterocycles. The van der Waals surface area contributed by atoms with Gasteiger partial charge in [-0.3, -0.25) is 4.90 Å². The van der Waals surface area contributed by atoms with E-state index in [0.717, 1.165) is 5.92 Å². The molecule has 0 radical (unpaired) electrons. The Kier molecular flexibility index (Phi) is 2.14. The third-order valence-electron chi connectivity index (χ3n) is 5.48. The van der Waals surface area contributed by atoms with E-state index < -0.39 is 0 Å².